The first kappa shape index (κ1) is 27.3. The smallest absolute Gasteiger partial charge is 0.323 e. The molecule has 1 heterocycles. The first-order valence-corrected chi connectivity index (χ1v) is 12.6. The summed E-state index contributed by atoms with van der Waals surface area (Å²) in [6.45, 7) is 0.0545. The van der Waals surface area contributed by atoms with Crippen molar-refractivity contribution in [1.29, 1.82) is 10.5 Å². The molecule has 0 amide bonds. The van der Waals surface area contributed by atoms with Crippen molar-refractivity contribution in [2.75, 3.05) is 7.11 Å². The van der Waals surface area contributed by atoms with E-state index in [1.54, 1.807) is 48.7 Å². The van der Waals surface area contributed by atoms with Crippen molar-refractivity contribution in [1.82, 2.24) is 4.57 Å². The van der Waals surface area contributed by atoms with Crippen LogP contribution in [-0.4, -0.2) is 29.6 Å². The highest BCUT2D eigenvalue weighted by molar-refractivity contribution is 9.10. The molecular formula is C30H23BrN4O4. The van der Waals surface area contributed by atoms with Gasteiger partial charge in [-0.15, -0.1) is 0 Å². The van der Waals surface area contributed by atoms with E-state index in [9.17, 15) is 20.1 Å². The topological polar surface area (TPSA) is 131 Å². The van der Waals surface area contributed by atoms with E-state index >= 15 is 0 Å². The van der Waals surface area contributed by atoms with Gasteiger partial charge < -0.3 is 15.2 Å². The van der Waals surface area contributed by atoms with Crippen LogP contribution in [0.5, 0.6) is 5.75 Å². The molecule has 3 aromatic carbocycles. The third-order valence-electron chi connectivity index (χ3n) is 6.03. The number of benzene rings is 3. The SMILES string of the molecule is COc1ccc(C#N)cc1/C=C(\C#N)c1cn(C(=O)C[C@H](N)C(=O)OCc2ccccc2)c2ccc(Br)cc12. The van der Waals surface area contributed by atoms with E-state index in [1.807, 2.05) is 30.3 Å². The number of carbonyl (C=O) groups is 2. The zero-order chi connectivity index (χ0) is 27.9. The predicted octanol–water partition coefficient (Wildman–Crippen LogP) is 5.45. The van der Waals surface area contributed by atoms with E-state index in [-0.39, 0.29) is 18.6 Å². The maximum atomic E-state index is 13.3. The fourth-order valence-electron chi connectivity index (χ4n) is 4.07. The van der Waals surface area contributed by atoms with Gasteiger partial charge in [0.05, 0.1) is 42.3 Å². The second-order valence-corrected chi connectivity index (χ2v) is 9.53. The van der Waals surface area contributed by atoms with Gasteiger partial charge in [-0.3, -0.25) is 14.2 Å². The van der Waals surface area contributed by atoms with Gasteiger partial charge in [-0.2, -0.15) is 10.5 Å². The van der Waals surface area contributed by atoms with Crippen LogP contribution in [0.4, 0.5) is 0 Å². The van der Waals surface area contributed by atoms with Crippen molar-refractivity contribution < 1.29 is 19.1 Å². The Kier molecular flexibility index (Phi) is 8.57. The van der Waals surface area contributed by atoms with Gasteiger partial charge in [0.15, 0.2) is 0 Å². The van der Waals surface area contributed by atoms with Gasteiger partial charge in [0.1, 0.15) is 18.4 Å². The first-order valence-electron chi connectivity index (χ1n) is 11.8. The van der Waals surface area contributed by atoms with E-state index in [2.05, 4.69) is 28.1 Å². The Hall–Kier alpha value is -4.70. The van der Waals surface area contributed by atoms with Crippen LogP contribution >= 0.6 is 15.9 Å². The van der Waals surface area contributed by atoms with Crippen LogP contribution in [0.25, 0.3) is 22.6 Å². The minimum Gasteiger partial charge on any atom is -0.496 e. The number of esters is 1. The molecule has 0 saturated carbocycles. The minimum absolute atomic E-state index is 0.0545. The Balaban J connectivity index is 1.65. The lowest BCUT2D eigenvalue weighted by Gasteiger charge is -2.12. The van der Waals surface area contributed by atoms with E-state index in [4.69, 9.17) is 15.2 Å². The van der Waals surface area contributed by atoms with Gasteiger partial charge in [0.25, 0.3) is 0 Å². The second-order valence-electron chi connectivity index (χ2n) is 8.61. The molecule has 0 radical (unpaired) electrons. The number of halogens is 1. The third-order valence-corrected chi connectivity index (χ3v) is 6.52. The van der Waals surface area contributed by atoms with Gasteiger partial charge in [-0.1, -0.05) is 46.3 Å². The summed E-state index contributed by atoms with van der Waals surface area (Å²) in [5.74, 6) is -0.629. The van der Waals surface area contributed by atoms with Crippen LogP contribution in [-0.2, 0) is 16.1 Å². The Morgan fingerprint density at radius 3 is 2.56 bits per heavy atom. The maximum absolute atomic E-state index is 13.3. The van der Waals surface area contributed by atoms with Crippen molar-refractivity contribution in [2.45, 2.75) is 19.1 Å². The molecule has 9 heteroatoms. The molecule has 4 aromatic rings. The quantitative estimate of drug-likeness (QED) is 0.216. The molecule has 8 nitrogen and oxygen atoms in total. The molecule has 0 spiro atoms. The van der Waals surface area contributed by atoms with Crippen molar-refractivity contribution in [2.24, 2.45) is 5.73 Å². The van der Waals surface area contributed by atoms with Gasteiger partial charge in [0, 0.05) is 27.2 Å². The van der Waals surface area contributed by atoms with Crippen molar-refractivity contribution in [3.8, 4) is 17.9 Å². The molecule has 39 heavy (non-hydrogen) atoms. The monoisotopic (exact) mass is 582 g/mol. The van der Waals surface area contributed by atoms with E-state index in [0.717, 1.165) is 10.0 Å². The number of ether oxygens (including phenoxy) is 2. The van der Waals surface area contributed by atoms with Crippen molar-refractivity contribution >= 4 is 50.4 Å². The highest BCUT2D eigenvalue weighted by Crippen LogP contribution is 2.33. The molecule has 2 N–H and O–H groups in total. The molecule has 0 saturated heterocycles. The highest BCUT2D eigenvalue weighted by Gasteiger charge is 2.23. The summed E-state index contributed by atoms with van der Waals surface area (Å²) in [6, 6.07) is 22.5. The number of carbonyl (C=O) groups excluding carboxylic acids is 2. The number of aromatic nitrogens is 1. The number of hydrogen-bond acceptors (Lipinski definition) is 7. The molecule has 194 valence electrons. The average molecular weight is 583 g/mol. The summed E-state index contributed by atoms with van der Waals surface area (Å²) in [5.41, 5.74) is 9.07. The van der Waals surface area contributed by atoms with Crippen LogP contribution in [0.15, 0.2) is 77.4 Å². The first-order chi connectivity index (χ1) is 18.8. The van der Waals surface area contributed by atoms with Crippen molar-refractivity contribution in [3.63, 3.8) is 0 Å². The van der Waals surface area contributed by atoms with Gasteiger partial charge in [-0.25, -0.2) is 0 Å². The zero-order valence-electron chi connectivity index (χ0n) is 20.9. The molecule has 4 rings (SSSR count). The number of rotatable bonds is 8. The summed E-state index contributed by atoms with van der Waals surface area (Å²) < 4.78 is 12.8. The Morgan fingerprint density at radius 1 is 1.10 bits per heavy atom. The number of nitriles is 2. The van der Waals surface area contributed by atoms with Crippen molar-refractivity contribution in [3.05, 3.63) is 99.7 Å². The van der Waals surface area contributed by atoms with Gasteiger partial charge in [0.2, 0.25) is 5.91 Å². The fourth-order valence-corrected chi connectivity index (χ4v) is 4.43. The summed E-state index contributed by atoms with van der Waals surface area (Å²) in [7, 11) is 1.50. The number of fused-ring (bicyclic) bond motifs is 1. The molecule has 0 aliphatic carbocycles. The molecule has 0 bridgehead atoms. The van der Waals surface area contributed by atoms with E-state index in [0.29, 0.717) is 33.3 Å². The van der Waals surface area contributed by atoms with Crippen LogP contribution in [0.2, 0.25) is 0 Å². The average Bonchev–Trinajstić information content (AvgIpc) is 3.33. The Labute approximate surface area is 233 Å². The standard InChI is InChI=1S/C30H23BrN4O4/c1-38-28-10-7-20(15-32)11-21(28)12-22(16-33)25-17-35(27-9-8-23(31)13-24(25)27)29(36)14-26(34)30(37)39-18-19-5-3-2-4-6-19/h2-13,17,26H,14,18,34H2,1H3/b22-12+/t26-/m0/s1. The second kappa shape index (κ2) is 12.2. The van der Waals surface area contributed by atoms with Crippen LogP contribution in [0.3, 0.4) is 0 Å². The highest BCUT2D eigenvalue weighted by atomic mass is 79.9. The predicted molar refractivity (Wildman–Crippen MR) is 150 cm³/mol. The summed E-state index contributed by atoms with van der Waals surface area (Å²) in [5, 5.41) is 20.0. The number of nitrogens with two attached hydrogens (primary N) is 1. The zero-order valence-corrected chi connectivity index (χ0v) is 22.5. The lowest BCUT2D eigenvalue weighted by atomic mass is 10.0. The normalized spacial score (nSPS) is 11.9. The molecule has 0 aliphatic rings. The molecule has 0 aliphatic heterocycles. The number of hydrogen-bond donors (Lipinski definition) is 1. The van der Waals surface area contributed by atoms with E-state index in [1.165, 1.54) is 11.7 Å². The van der Waals surface area contributed by atoms with E-state index < -0.39 is 17.9 Å². The third kappa shape index (κ3) is 6.24. The molecule has 0 unspecified atom stereocenters. The lowest BCUT2D eigenvalue weighted by Crippen LogP contribution is -2.35. The molecule has 1 atom stereocenters. The molecular weight excluding hydrogens is 560 g/mol. The Bertz CT molecular complexity index is 1660. The number of nitrogens with zero attached hydrogens (tertiary/aromatic N) is 3. The Morgan fingerprint density at radius 2 is 1.87 bits per heavy atom. The van der Waals surface area contributed by atoms with Gasteiger partial charge >= 0.3 is 5.97 Å². The van der Waals surface area contributed by atoms with Gasteiger partial charge in [-0.05, 0) is 48.0 Å². The lowest BCUT2D eigenvalue weighted by molar-refractivity contribution is -0.146. The van der Waals surface area contributed by atoms with Crippen LogP contribution in [0, 0.1) is 22.7 Å². The molecule has 0 fully saturated rings. The number of allylic oxidation sites excluding steroid dienone is 1. The summed E-state index contributed by atoms with van der Waals surface area (Å²) in [4.78, 5) is 25.8. The van der Waals surface area contributed by atoms with Crippen LogP contribution in [0.1, 0.15) is 33.5 Å². The van der Waals surface area contributed by atoms with Crippen LogP contribution < -0.4 is 10.5 Å². The fraction of sp³-hybridized carbons (Fsp3) is 0.133. The molecule has 1 aromatic heterocycles. The minimum atomic E-state index is -1.17. The summed E-state index contributed by atoms with van der Waals surface area (Å²) in [6.07, 6.45) is 2.87. The largest absolute Gasteiger partial charge is 0.496 e. The number of methoxy groups -OCH3 is 1. The maximum Gasteiger partial charge on any atom is 0.323 e. The summed E-state index contributed by atoms with van der Waals surface area (Å²) >= 11 is 3.45.